The molecule has 12 nitrogen and oxygen atoms in total. The first kappa shape index (κ1) is 53.0. The van der Waals surface area contributed by atoms with Crippen molar-refractivity contribution in [3.05, 3.63) is 96.2 Å². The number of nitrogens with zero attached hydrogens (tertiary/aromatic N) is 3. The maximum Gasteiger partial charge on any atom is 0.331 e. The minimum Gasteiger partial charge on any atom is -0.451 e. The van der Waals surface area contributed by atoms with E-state index >= 15 is 0 Å². The van der Waals surface area contributed by atoms with E-state index in [4.69, 9.17) is 14.2 Å². The summed E-state index contributed by atoms with van der Waals surface area (Å²) in [5.41, 5.74) is 7.38. The number of allylic oxidation sites excluding steroid dienone is 8. The first-order valence-electron chi connectivity index (χ1n) is 33.4. The molecule has 3 N–H and O–H groups in total. The van der Waals surface area contributed by atoms with Gasteiger partial charge in [0.15, 0.2) is 0 Å². The average molecular weight is 1140 g/mol. The van der Waals surface area contributed by atoms with Crippen LogP contribution in [0.1, 0.15) is 149 Å². The van der Waals surface area contributed by atoms with Gasteiger partial charge in [-0.1, -0.05) is 65.6 Å². The second-order valence-electron chi connectivity index (χ2n) is 31.8. The van der Waals surface area contributed by atoms with Crippen molar-refractivity contribution in [3.63, 3.8) is 0 Å². The monoisotopic (exact) mass is 1140 g/mol. The summed E-state index contributed by atoms with van der Waals surface area (Å²) in [4.78, 5) is 36.2. The maximum atomic E-state index is 12.1. The summed E-state index contributed by atoms with van der Waals surface area (Å²) in [5, 5.41) is 38.3. The van der Waals surface area contributed by atoms with Crippen LogP contribution in [0, 0.1) is 141 Å². The van der Waals surface area contributed by atoms with E-state index in [-0.39, 0.29) is 51.0 Å². The van der Waals surface area contributed by atoms with Crippen LogP contribution in [0.15, 0.2) is 112 Å². The first-order valence-corrected chi connectivity index (χ1v) is 33.4. The Kier molecular flexibility index (Phi) is 11.3. The van der Waals surface area contributed by atoms with Crippen molar-refractivity contribution < 1.29 is 44.2 Å². The Morgan fingerprint density at radius 2 is 0.940 bits per heavy atom. The fourth-order valence-corrected chi connectivity index (χ4v) is 26.1. The van der Waals surface area contributed by atoms with Crippen LogP contribution >= 0.6 is 0 Å². The molecule has 13 saturated carbocycles. The van der Waals surface area contributed by atoms with E-state index in [2.05, 4.69) is 91.9 Å². The second kappa shape index (κ2) is 17.9. The predicted molar refractivity (Wildman–Crippen MR) is 315 cm³/mol. The summed E-state index contributed by atoms with van der Waals surface area (Å²) in [6.45, 7) is 15.9. The van der Waals surface area contributed by atoms with Gasteiger partial charge in [0.25, 0.3) is 0 Å². The van der Waals surface area contributed by atoms with Crippen LogP contribution < -0.4 is 0 Å². The molecule has 0 aromatic carbocycles. The van der Waals surface area contributed by atoms with Crippen molar-refractivity contribution in [1.82, 2.24) is 0 Å². The molecule has 17 unspecified atom stereocenters. The highest BCUT2D eigenvalue weighted by molar-refractivity contribution is 5.97. The molecule has 0 aromatic rings. The molecule has 19 rings (SSSR count). The number of rotatable bonds is 2. The van der Waals surface area contributed by atoms with E-state index < -0.39 is 0 Å². The Labute approximate surface area is 495 Å². The van der Waals surface area contributed by atoms with Crippen LogP contribution in [0.25, 0.3) is 0 Å². The number of oxime groups is 3. The van der Waals surface area contributed by atoms with Gasteiger partial charge in [0.2, 0.25) is 0 Å². The molecular weight excluding hydrogens is 1050 g/mol. The topological polar surface area (TPSA) is 177 Å². The lowest BCUT2D eigenvalue weighted by atomic mass is 9.46. The highest BCUT2D eigenvalue weighted by atomic mass is 16.6. The first-order chi connectivity index (χ1) is 40.6. The van der Waals surface area contributed by atoms with Gasteiger partial charge in [-0.2, -0.15) is 0 Å². The molecule has 19 aliphatic rings. The molecule has 26 atom stereocenters. The second-order valence-corrected chi connectivity index (χ2v) is 31.8. The van der Waals surface area contributed by atoms with Gasteiger partial charge in [0.1, 0.15) is 16.8 Å². The fourth-order valence-electron chi connectivity index (χ4n) is 26.1. The third-order valence-electron chi connectivity index (χ3n) is 29.3. The molecule has 3 spiro atoms. The van der Waals surface area contributed by atoms with Gasteiger partial charge in [-0.25, -0.2) is 14.4 Å². The number of ether oxygens (including phenoxy) is 3. The lowest BCUT2D eigenvalue weighted by molar-refractivity contribution is -0.171. The van der Waals surface area contributed by atoms with E-state index in [1.165, 1.54) is 80.9 Å². The lowest BCUT2D eigenvalue weighted by Gasteiger charge is -2.59. The SMILES string of the molecule is C=C1CC2C(CC[C@@]3(C)C2C2CC2[C@@]32C=CC(=O)O2)[C@H]2CC/C(=N\O)C=C12.C=CC1CC2=C/C(=N/O)CC[C@@H]2C2CC[C@@]3(C)C(C4CC4[C@@]34C=CC(=O)O4)C12.C[C@]12CCC3C(C(C4CC4)CC4=C/C(=N/O)CC[C@@H]43)C1C1CC1[C@@]21C=CC(=O)O1. The minimum atomic E-state index is -0.352. The zero-order valence-electron chi connectivity index (χ0n) is 49.6. The number of carbonyl (C=O) groups is 3. The van der Waals surface area contributed by atoms with Gasteiger partial charge in [-0.3, -0.25) is 0 Å². The van der Waals surface area contributed by atoms with Gasteiger partial charge in [-0.15, -0.1) is 6.58 Å². The Bertz CT molecular complexity index is 3270. The number of hydrogen-bond acceptors (Lipinski definition) is 12. The number of esters is 3. The van der Waals surface area contributed by atoms with E-state index in [0.29, 0.717) is 94.7 Å². The molecule has 0 radical (unpaired) electrons. The third-order valence-corrected chi connectivity index (χ3v) is 29.3. The van der Waals surface area contributed by atoms with Crippen LogP contribution in [0.3, 0.4) is 0 Å². The zero-order chi connectivity index (χ0) is 57.4. The van der Waals surface area contributed by atoms with Crippen LogP contribution in [-0.2, 0) is 28.6 Å². The summed E-state index contributed by atoms with van der Waals surface area (Å²) in [7, 11) is 0. The van der Waals surface area contributed by atoms with Gasteiger partial charge < -0.3 is 29.8 Å². The Morgan fingerprint density at radius 1 is 0.500 bits per heavy atom. The van der Waals surface area contributed by atoms with Gasteiger partial charge >= 0.3 is 17.9 Å². The van der Waals surface area contributed by atoms with E-state index in [1.54, 1.807) is 23.8 Å². The zero-order valence-corrected chi connectivity index (χ0v) is 49.6. The molecule has 444 valence electrons. The molecule has 84 heavy (non-hydrogen) atoms. The van der Waals surface area contributed by atoms with Crippen molar-refractivity contribution >= 4 is 35.0 Å². The van der Waals surface area contributed by atoms with E-state index in [1.807, 2.05) is 0 Å². The number of hydrogen-bond donors (Lipinski definition) is 3. The highest BCUT2D eigenvalue weighted by Crippen LogP contribution is 2.81. The van der Waals surface area contributed by atoms with Crippen LogP contribution in [0.2, 0.25) is 0 Å². The molecule has 13 fully saturated rings. The fraction of sp³-hybridized carbons (Fsp3) is 0.694. The van der Waals surface area contributed by atoms with E-state index in [0.717, 1.165) is 111 Å². The van der Waals surface area contributed by atoms with Gasteiger partial charge in [0.05, 0.1) is 17.1 Å². The number of fused-ring (bicyclic) bond motifs is 27. The summed E-state index contributed by atoms with van der Waals surface area (Å²) in [6.07, 6.45) is 43.0. The Morgan fingerprint density at radius 3 is 1.42 bits per heavy atom. The molecule has 0 bridgehead atoms. The van der Waals surface area contributed by atoms with Gasteiger partial charge in [0, 0.05) is 52.2 Å². The summed E-state index contributed by atoms with van der Waals surface area (Å²) < 4.78 is 18.3. The van der Waals surface area contributed by atoms with Crippen LogP contribution in [0.4, 0.5) is 0 Å². The predicted octanol–water partition coefficient (Wildman–Crippen LogP) is 13.5. The van der Waals surface area contributed by atoms with Crippen molar-refractivity contribution in [3.8, 4) is 0 Å². The molecule has 16 aliphatic carbocycles. The summed E-state index contributed by atoms with van der Waals surface area (Å²) >= 11 is 0. The van der Waals surface area contributed by atoms with Crippen molar-refractivity contribution in [2.75, 3.05) is 0 Å². The van der Waals surface area contributed by atoms with Crippen LogP contribution in [-0.4, -0.2) is 67.5 Å². The van der Waals surface area contributed by atoms with Crippen molar-refractivity contribution in [2.45, 2.75) is 166 Å². The minimum absolute atomic E-state index is 0.0548. The van der Waals surface area contributed by atoms with E-state index in [9.17, 15) is 30.0 Å². The molecule has 0 aromatic heterocycles. The third kappa shape index (κ3) is 6.89. The Balaban J connectivity index is 0.0000000993. The Hall–Kier alpha value is -5.26. The summed E-state index contributed by atoms with van der Waals surface area (Å²) in [6, 6.07) is 0. The summed E-state index contributed by atoms with van der Waals surface area (Å²) in [5.74, 6) is 13.5. The molecule has 3 aliphatic heterocycles. The molecule has 12 heteroatoms. The van der Waals surface area contributed by atoms with Crippen molar-refractivity contribution in [1.29, 1.82) is 0 Å². The standard InChI is InChI=1S/C25H31NO3.C24H29NO3.C23H27NO3/c1-24-8-6-17-16-5-4-15(26-28)10-14(16)11-18(13-2-3-13)22(17)23(24)19-12-20(19)25(24)9-7-21(27)29-25;1-3-13-10-14-11-15(25-27)4-5-16(14)17-6-8-23(2)22(21(13)17)18-12-19(18)24(23)9-7-20(26)28-24;1-12-9-17-15(14-4-3-13(24-26)10-16(12)14)5-7-22(2)21(17)18-11-19(18)23(22)8-6-20(25)27-23/h7,9-10,13,16-20,22-23,28H,2-6,8,11-12H2,1H3;3,7,9,11,13,16-19,21-22,27H,1,4-6,8,10,12H2,2H3;6,8,10,14-15,17-19,21,26H,1,3-5,7,9,11H2,2H3/b26-15+;25-15+;24-13+/t16-,17?,18?,19?,20?,22?,23?,24-,25-;13?,16-,17?,18?,19?,21?,22?,23-,24-;14-,15?,17?,18?,19?,21?,22+,23+/m001/s1. The van der Waals surface area contributed by atoms with Crippen molar-refractivity contribution in [2.24, 2.45) is 156 Å². The molecular formula is C72H87N3O9. The molecule has 0 saturated heterocycles. The highest BCUT2D eigenvalue weighted by Gasteiger charge is 2.81. The molecule has 0 amide bonds. The smallest absolute Gasteiger partial charge is 0.331 e. The average Bonchev–Trinajstić information content (AvgIpc) is 1.53. The normalized spacial score (nSPS) is 54.6. The quantitative estimate of drug-likeness (QED) is 0.0798. The van der Waals surface area contributed by atoms with Gasteiger partial charge in [-0.05, 0) is 277 Å². The maximum absolute atomic E-state index is 12.1. The largest absolute Gasteiger partial charge is 0.451 e. The lowest BCUT2D eigenvalue weighted by Crippen LogP contribution is -2.56. The number of carbonyl (C=O) groups excluding carboxylic acids is 3. The van der Waals surface area contributed by atoms with Crippen LogP contribution in [0.5, 0.6) is 0 Å². The molecule has 3 heterocycles.